The molecule has 1 rings (SSSR count). The van der Waals surface area contributed by atoms with Crippen LogP contribution in [-0.4, -0.2) is 37.2 Å². The quantitative estimate of drug-likeness (QED) is 0.659. The number of aromatic nitrogens is 2. The highest BCUT2D eigenvalue weighted by Crippen LogP contribution is 2.12. The summed E-state index contributed by atoms with van der Waals surface area (Å²) in [4.78, 5) is 8.39. The summed E-state index contributed by atoms with van der Waals surface area (Å²) in [5, 5.41) is 10.9. The van der Waals surface area contributed by atoms with E-state index in [0.717, 1.165) is 18.5 Å². The normalized spacial score (nSPS) is 11.3. The van der Waals surface area contributed by atoms with Gasteiger partial charge >= 0.3 is 0 Å². The van der Waals surface area contributed by atoms with E-state index in [4.69, 9.17) is 5.14 Å². The Morgan fingerprint density at radius 3 is 2.67 bits per heavy atom. The first-order valence-electron chi connectivity index (χ1n) is 5.74. The van der Waals surface area contributed by atoms with E-state index in [1.807, 2.05) is 13.8 Å². The van der Waals surface area contributed by atoms with Gasteiger partial charge in [0.05, 0.1) is 5.75 Å². The zero-order valence-corrected chi connectivity index (χ0v) is 11.4. The zero-order valence-electron chi connectivity index (χ0n) is 10.6. The maximum Gasteiger partial charge on any atom is 0.224 e. The van der Waals surface area contributed by atoms with E-state index >= 15 is 0 Å². The van der Waals surface area contributed by atoms with Crippen LogP contribution in [0.1, 0.15) is 18.9 Å². The molecule has 0 unspecified atom stereocenters. The second-order valence-corrected chi connectivity index (χ2v) is 5.68. The molecular weight excluding hydrogens is 254 g/mol. The summed E-state index contributed by atoms with van der Waals surface area (Å²) >= 11 is 0. The Kier molecular flexibility index (Phi) is 5.29. The predicted molar refractivity (Wildman–Crippen MR) is 72.0 cm³/mol. The van der Waals surface area contributed by atoms with Crippen LogP contribution in [0.4, 0.5) is 11.8 Å². The van der Waals surface area contributed by atoms with Crippen molar-refractivity contribution in [3.8, 4) is 0 Å². The van der Waals surface area contributed by atoms with Crippen LogP contribution in [0, 0.1) is 6.92 Å². The summed E-state index contributed by atoms with van der Waals surface area (Å²) < 4.78 is 21.6. The minimum atomic E-state index is -3.45. The Morgan fingerprint density at radius 1 is 1.33 bits per heavy atom. The molecule has 1 aromatic heterocycles. The van der Waals surface area contributed by atoms with Crippen molar-refractivity contribution in [2.24, 2.45) is 5.14 Å². The smallest absolute Gasteiger partial charge is 0.224 e. The number of hydrogen-bond donors (Lipinski definition) is 3. The maximum atomic E-state index is 10.8. The highest BCUT2D eigenvalue weighted by atomic mass is 32.2. The summed E-state index contributed by atoms with van der Waals surface area (Å²) in [6.45, 7) is 4.92. The predicted octanol–water partition coefficient (Wildman–Crippen LogP) is 0.307. The number of sulfonamides is 1. The molecule has 7 nitrogen and oxygen atoms in total. The lowest BCUT2D eigenvalue weighted by Crippen LogP contribution is -2.23. The van der Waals surface area contributed by atoms with Crippen LogP contribution in [-0.2, 0) is 10.0 Å². The van der Waals surface area contributed by atoms with E-state index in [9.17, 15) is 8.42 Å². The maximum absolute atomic E-state index is 10.8. The molecule has 18 heavy (non-hydrogen) atoms. The second kappa shape index (κ2) is 6.50. The van der Waals surface area contributed by atoms with Gasteiger partial charge < -0.3 is 10.6 Å². The molecule has 0 saturated heterocycles. The molecular formula is C10H19N5O2S. The van der Waals surface area contributed by atoms with Crippen molar-refractivity contribution in [2.75, 3.05) is 29.5 Å². The Hall–Kier alpha value is -1.41. The zero-order chi connectivity index (χ0) is 13.6. The van der Waals surface area contributed by atoms with Crippen molar-refractivity contribution >= 4 is 21.8 Å². The van der Waals surface area contributed by atoms with E-state index < -0.39 is 10.0 Å². The van der Waals surface area contributed by atoms with Crippen molar-refractivity contribution < 1.29 is 8.42 Å². The lowest BCUT2D eigenvalue weighted by Gasteiger charge is -2.10. The SMILES string of the molecule is CCCNc1ncc(C)c(NCCS(N)(=O)=O)n1. The van der Waals surface area contributed by atoms with Crippen molar-refractivity contribution in [2.45, 2.75) is 20.3 Å². The van der Waals surface area contributed by atoms with E-state index in [1.54, 1.807) is 6.20 Å². The average molecular weight is 273 g/mol. The summed E-state index contributed by atoms with van der Waals surface area (Å²) in [5.41, 5.74) is 0.853. The molecule has 0 radical (unpaired) electrons. The molecule has 0 amide bonds. The van der Waals surface area contributed by atoms with Crippen LogP contribution in [0.15, 0.2) is 6.20 Å². The lowest BCUT2D eigenvalue weighted by atomic mass is 10.3. The lowest BCUT2D eigenvalue weighted by molar-refractivity contribution is 0.598. The van der Waals surface area contributed by atoms with Gasteiger partial charge in [0.1, 0.15) is 5.82 Å². The highest BCUT2D eigenvalue weighted by molar-refractivity contribution is 7.89. The van der Waals surface area contributed by atoms with Gasteiger partial charge in [0.2, 0.25) is 16.0 Å². The molecule has 0 saturated carbocycles. The second-order valence-electron chi connectivity index (χ2n) is 3.95. The molecule has 0 aliphatic rings. The fraction of sp³-hybridized carbons (Fsp3) is 0.600. The monoisotopic (exact) mass is 273 g/mol. The summed E-state index contributed by atoms with van der Waals surface area (Å²) in [5.74, 6) is 1.02. The fourth-order valence-electron chi connectivity index (χ4n) is 1.25. The first-order chi connectivity index (χ1) is 8.42. The van der Waals surface area contributed by atoms with Crippen LogP contribution in [0.5, 0.6) is 0 Å². The molecule has 8 heteroatoms. The van der Waals surface area contributed by atoms with Crippen molar-refractivity contribution in [3.63, 3.8) is 0 Å². The van der Waals surface area contributed by atoms with Gasteiger partial charge in [-0.3, -0.25) is 0 Å². The van der Waals surface area contributed by atoms with Crippen molar-refractivity contribution in [1.82, 2.24) is 9.97 Å². The molecule has 0 atom stereocenters. The van der Waals surface area contributed by atoms with Crippen LogP contribution >= 0.6 is 0 Å². The van der Waals surface area contributed by atoms with Gasteiger partial charge in [-0.15, -0.1) is 0 Å². The standard InChI is InChI=1S/C10H19N5O2S/c1-3-4-13-10-14-7-8(2)9(15-10)12-5-6-18(11,16)17/h7H,3-6H2,1-2H3,(H2,11,16,17)(H2,12,13,14,15). The van der Waals surface area contributed by atoms with Crippen LogP contribution in [0.2, 0.25) is 0 Å². The van der Waals surface area contributed by atoms with E-state index in [-0.39, 0.29) is 12.3 Å². The van der Waals surface area contributed by atoms with Gasteiger partial charge in [-0.1, -0.05) is 6.92 Å². The first-order valence-corrected chi connectivity index (χ1v) is 7.46. The third-order valence-electron chi connectivity index (χ3n) is 2.18. The number of hydrogen-bond acceptors (Lipinski definition) is 6. The largest absolute Gasteiger partial charge is 0.369 e. The highest BCUT2D eigenvalue weighted by Gasteiger charge is 2.05. The van der Waals surface area contributed by atoms with Gasteiger partial charge in [-0.2, -0.15) is 4.98 Å². The van der Waals surface area contributed by atoms with Crippen LogP contribution in [0.25, 0.3) is 0 Å². The topological polar surface area (TPSA) is 110 Å². The van der Waals surface area contributed by atoms with E-state index in [0.29, 0.717) is 11.8 Å². The Morgan fingerprint density at radius 2 is 2.06 bits per heavy atom. The van der Waals surface area contributed by atoms with Crippen LogP contribution < -0.4 is 15.8 Å². The molecule has 0 spiro atoms. The van der Waals surface area contributed by atoms with Gasteiger partial charge in [-0.05, 0) is 13.3 Å². The minimum absolute atomic E-state index is 0.131. The summed E-state index contributed by atoms with van der Waals surface area (Å²) in [6, 6.07) is 0. The van der Waals surface area contributed by atoms with Crippen molar-refractivity contribution in [1.29, 1.82) is 0 Å². The number of rotatable bonds is 7. The number of primary sulfonamides is 1. The third-order valence-corrected chi connectivity index (χ3v) is 2.96. The number of nitrogens with two attached hydrogens (primary N) is 1. The Balaban J connectivity index is 2.63. The molecule has 102 valence electrons. The molecule has 0 aliphatic heterocycles. The molecule has 0 bridgehead atoms. The first kappa shape index (κ1) is 14.7. The number of nitrogens with one attached hydrogen (secondary N) is 2. The van der Waals surface area contributed by atoms with Gasteiger partial charge in [0, 0.05) is 24.8 Å². The van der Waals surface area contributed by atoms with E-state index in [1.165, 1.54) is 0 Å². The molecule has 4 N–H and O–H groups in total. The molecule has 1 heterocycles. The fourth-order valence-corrected chi connectivity index (χ4v) is 1.64. The number of nitrogens with zero attached hydrogens (tertiary/aromatic N) is 2. The average Bonchev–Trinajstić information content (AvgIpc) is 2.28. The van der Waals surface area contributed by atoms with E-state index in [2.05, 4.69) is 20.6 Å². The summed E-state index contributed by atoms with van der Waals surface area (Å²) in [6.07, 6.45) is 2.66. The Bertz CT molecular complexity index is 489. The summed E-state index contributed by atoms with van der Waals surface area (Å²) in [7, 11) is -3.45. The molecule has 0 fully saturated rings. The third kappa shape index (κ3) is 5.28. The molecule has 0 aromatic carbocycles. The number of aryl methyl sites for hydroxylation is 1. The van der Waals surface area contributed by atoms with Gasteiger partial charge in [-0.25, -0.2) is 18.5 Å². The molecule has 1 aromatic rings. The Labute approximate surface area is 107 Å². The van der Waals surface area contributed by atoms with Crippen LogP contribution in [0.3, 0.4) is 0 Å². The van der Waals surface area contributed by atoms with Gasteiger partial charge in [0.15, 0.2) is 0 Å². The van der Waals surface area contributed by atoms with Crippen molar-refractivity contribution in [3.05, 3.63) is 11.8 Å². The minimum Gasteiger partial charge on any atom is -0.369 e. The number of anilines is 2. The molecule has 0 aliphatic carbocycles. The van der Waals surface area contributed by atoms with Gasteiger partial charge in [0.25, 0.3) is 0 Å².